The van der Waals surface area contributed by atoms with E-state index in [1.54, 1.807) is 0 Å². The minimum absolute atomic E-state index is 0.204. The molecule has 19 heavy (non-hydrogen) atoms. The summed E-state index contributed by atoms with van der Waals surface area (Å²) < 4.78 is 15.0. The Morgan fingerprint density at radius 3 is 2.37 bits per heavy atom. The minimum atomic E-state index is -0.222. The summed E-state index contributed by atoms with van der Waals surface area (Å²) in [5.41, 5.74) is 2.30. The van der Waals surface area contributed by atoms with Crippen LogP contribution in [0.2, 0.25) is 0 Å². The molecule has 1 unspecified atom stereocenters. The van der Waals surface area contributed by atoms with Crippen LogP contribution in [0.5, 0.6) is 0 Å². The normalized spacial score (nSPS) is 12.4. The molecular weight excluding hydrogens is 373 g/mol. The van der Waals surface area contributed by atoms with Gasteiger partial charge in [-0.15, -0.1) is 0 Å². The van der Waals surface area contributed by atoms with Crippen molar-refractivity contribution in [2.24, 2.45) is 0 Å². The van der Waals surface area contributed by atoms with E-state index in [4.69, 9.17) is 0 Å². The van der Waals surface area contributed by atoms with Crippen LogP contribution in [0.1, 0.15) is 17.2 Å². The van der Waals surface area contributed by atoms with Crippen LogP contribution in [0.15, 0.2) is 51.4 Å². The van der Waals surface area contributed by atoms with E-state index in [0.717, 1.165) is 20.9 Å². The van der Waals surface area contributed by atoms with Crippen molar-refractivity contribution in [1.82, 2.24) is 5.32 Å². The Bertz CT molecular complexity index is 555. The van der Waals surface area contributed by atoms with Crippen molar-refractivity contribution >= 4 is 31.9 Å². The summed E-state index contributed by atoms with van der Waals surface area (Å²) in [4.78, 5) is 0. The van der Waals surface area contributed by atoms with Crippen LogP contribution in [0.3, 0.4) is 0 Å². The second-order valence-electron chi connectivity index (χ2n) is 4.33. The van der Waals surface area contributed by atoms with Gasteiger partial charge in [0, 0.05) is 15.0 Å². The van der Waals surface area contributed by atoms with E-state index in [2.05, 4.69) is 49.3 Å². The molecule has 4 heteroatoms. The molecule has 0 aliphatic heterocycles. The average Bonchev–Trinajstić information content (AvgIpc) is 2.39. The zero-order valence-corrected chi connectivity index (χ0v) is 13.6. The van der Waals surface area contributed by atoms with Crippen LogP contribution in [-0.4, -0.2) is 7.05 Å². The molecule has 1 nitrogen and oxygen atoms in total. The highest BCUT2D eigenvalue weighted by atomic mass is 79.9. The minimum Gasteiger partial charge on any atom is -0.313 e. The van der Waals surface area contributed by atoms with E-state index in [-0.39, 0.29) is 11.9 Å². The molecule has 0 aliphatic carbocycles. The fourth-order valence-electron chi connectivity index (χ4n) is 1.99. The van der Waals surface area contributed by atoms with E-state index in [1.165, 1.54) is 17.7 Å². The number of hydrogen-bond acceptors (Lipinski definition) is 1. The second kappa shape index (κ2) is 6.64. The van der Waals surface area contributed by atoms with E-state index in [9.17, 15) is 4.39 Å². The largest absolute Gasteiger partial charge is 0.313 e. The Hall–Kier alpha value is -0.710. The van der Waals surface area contributed by atoms with Gasteiger partial charge in [-0.3, -0.25) is 0 Å². The maximum atomic E-state index is 13.1. The van der Waals surface area contributed by atoms with E-state index < -0.39 is 0 Å². The Labute approximate surface area is 129 Å². The molecular formula is C15H14Br2FN. The maximum Gasteiger partial charge on any atom is 0.124 e. The van der Waals surface area contributed by atoms with Crippen molar-refractivity contribution in [3.63, 3.8) is 0 Å². The van der Waals surface area contributed by atoms with Gasteiger partial charge in [0.2, 0.25) is 0 Å². The van der Waals surface area contributed by atoms with Crippen molar-refractivity contribution in [1.29, 1.82) is 0 Å². The molecule has 0 radical (unpaired) electrons. The summed E-state index contributed by atoms with van der Waals surface area (Å²) in [6.07, 6.45) is 0.805. The summed E-state index contributed by atoms with van der Waals surface area (Å²) in [6.45, 7) is 0. The van der Waals surface area contributed by atoms with Crippen molar-refractivity contribution in [2.75, 3.05) is 7.05 Å². The second-order valence-corrected chi connectivity index (χ2v) is 6.10. The molecule has 0 heterocycles. The fraction of sp³-hybridized carbons (Fsp3) is 0.200. The van der Waals surface area contributed by atoms with Crippen LogP contribution in [0.25, 0.3) is 0 Å². The third kappa shape index (κ3) is 3.88. The lowest BCUT2D eigenvalue weighted by Gasteiger charge is -2.17. The SMILES string of the molecule is CNC(Cc1ccc(F)cc1Br)c1ccc(Br)cc1. The van der Waals surface area contributed by atoms with E-state index in [0.29, 0.717) is 0 Å². The van der Waals surface area contributed by atoms with Crippen molar-refractivity contribution < 1.29 is 4.39 Å². The van der Waals surface area contributed by atoms with Gasteiger partial charge in [-0.1, -0.05) is 50.1 Å². The van der Waals surface area contributed by atoms with Gasteiger partial charge >= 0.3 is 0 Å². The molecule has 1 N–H and O–H groups in total. The first-order valence-corrected chi connectivity index (χ1v) is 7.55. The smallest absolute Gasteiger partial charge is 0.124 e. The molecule has 100 valence electrons. The van der Waals surface area contributed by atoms with Gasteiger partial charge in [0.05, 0.1) is 0 Å². The lowest BCUT2D eigenvalue weighted by Crippen LogP contribution is -2.19. The molecule has 0 bridgehead atoms. The number of benzene rings is 2. The van der Waals surface area contributed by atoms with Crippen molar-refractivity contribution in [2.45, 2.75) is 12.5 Å². The first kappa shape index (κ1) is 14.7. The van der Waals surface area contributed by atoms with Gasteiger partial charge in [0.15, 0.2) is 0 Å². The molecule has 0 fully saturated rings. The highest BCUT2D eigenvalue weighted by molar-refractivity contribution is 9.10. The summed E-state index contributed by atoms with van der Waals surface area (Å²) in [5.74, 6) is -0.222. The lowest BCUT2D eigenvalue weighted by atomic mass is 9.99. The van der Waals surface area contributed by atoms with Crippen LogP contribution in [0, 0.1) is 5.82 Å². The number of hydrogen-bond donors (Lipinski definition) is 1. The van der Waals surface area contributed by atoms with Gasteiger partial charge in [-0.25, -0.2) is 4.39 Å². The molecule has 0 saturated carbocycles. The summed E-state index contributed by atoms with van der Waals surface area (Å²) in [7, 11) is 1.93. The van der Waals surface area contributed by atoms with Gasteiger partial charge in [0.25, 0.3) is 0 Å². The van der Waals surface area contributed by atoms with Gasteiger partial charge in [0.1, 0.15) is 5.82 Å². The molecule has 2 aromatic rings. The van der Waals surface area contributed by atoms with Gasteiger partial charge in [-0.2, -0.15) is 0 Å². The standard InChI is InChI=1S/C15H14Br2FN/c1-19-15(10-2-5-12(16)6-3-10)8-11-4-7-13(18)9-14(11)17/h2-7,9,15,19H,8H2,1H3. The van der Waals surface area contributed by atoms with Crippen LogP contribution in [0.4, 0.5) is 4.39 Å². The zero-order chi connectivity index (χ0) is 13.8. The molecule has 2 rings (SSSR count). The van der Waals surface area contributed by atoms with Gasteiger partial charge in [-0.05, 0) is 48.9 Å². The Morgan fingerprint density at radius 2 is 1.79 bits per heavy atom. The molecule has 0 aromatic heterocycles. The van der Waals surface area contributed by atoms with E-state index in [1.807, 2.05) is 25.2 Å². The number of nitrogens with one attached hydrogen (secondary N) is 1. The number of halogens is 3. The molecule has 0 amide bonds. The predicted molar refractivity (Wildman–Crippen MR) is 83.7 cm³/mol. The first-order valence-electron chi connectivity index (χ1n) is 5.97. The summed E-state index contributed by atoms with van der Waals surface area (Å²) >= 11 is 6.85. The summed E-state index contributed by atoms with van der Waals surface area (Å²) in [5, 5.41) is 3.30. The maximum absolute atomic E-state index is 13.1. The average molecular weight is 387 g/mol. The van der Waals surface area contributed by atoms with E-state index >= 15 is 0 Å². The van der Waals surface area contributed by atoms with Crippen molar-refractivity contribution in [3.8, 4) is 0 Å². The highest BCUT2D eigenvalue weighted by Crippen LogP contribution is 2.25. The Morgan fingerprint density at radius 1 is 1.11 bits per heavy atom. The fourth-order valence-corrected chi connectivity index (χ4v) is 2.77. The van der Waals surface area contributed by atoms with Crippen molar-refractivity contribution in [3.05, 3.63) is 68.4 Å². The number of rotatable bonds is 4. The number of likely N-dealkylation sites (N-methyl/N-ethyl adjacent to an activating group) is 1. The first-order chi connectivity index (χ1) is 9.10. The molecule has 0 saturated heterocycles. The zero-order valence-electron chi connectivity index (χ0n) is 10.5. The lowest BCUT2D eigenvalue weighted by molar-refractivity contribution is 0.587. The summed E-state index contributed by atoms with van der Waals surface area (Å²) in [6, 6.07) is 13.2. The van der Waals surface area contributed by atoms with Crippen LogP contribution < -0.4 is 5.32 Å². The van der Waals surface area contributed by atoms with Gasteiger partial charge < -0.3 is 5.32 Å². The highest BCUT2D eigenvalue weighted by Gasteiger charge is 2.12. The Kier molecular flexibility index (Phi) is 5.13. The molecule has 0 spiro atoms. The monoisotopic (exact) mass is 385 g/mol. The quantitative estimate of drug-likeness (QED) is 0.791. The van der Waals surface area contributed by atoms with Crippen LogP contribution >= 0.6 is 31.9 Å². The van der Waals surface area contributed by atoms with Crippen LogP contribution in [-0.2, 0) is 6.42 Å². The Balaban J connectivity index is 2.21. The molecule has 0 aliphatic rings. The topological polar surface area (TPSA) is 12.0 Å². The predicted octanol–water partition coefficient (Wildman–Crippen LogP) is 4.85. The third-order valence-corrected chi connectivity index (χ3v) is 4.33. The molecule has 2 aromatic carbocycles. The third-order valence-electron chi connectivity index (χ3n) is 3.06. The molecule has 1 atom stereocenters.